The average Bonchev–Trinajstić information content (AvgIpc) is 3.47. The van der Waals surface area contributed by atoms with Crippen LogP contribution in [-0.4, -0.2) is 43.2 Å². The van der Waals surface area contributed by atoms with Gasteiger partial charge in [0.1, 0.15) is 0 Å². The van der Waals surface area contributed by atoms with Gasteiger partial charge in [0.25, 0.3) is 5.91 Å². The average molecular weight is 603 g/mol. The third kappa shape index (κ3) is 7.40. The van der Waals surface area contributed by atoms with E-state index in [1.165, 1.54) is 5.56 Å². The van der Waals surface area contributed by atoms with Crippen molar-refractivity contribution < 1.29 is 9.59 Å². The fourth-order valence-corrected chi connectivity index (χ4v) is 5.52. The number of hydrogen-bond donors (Lipinski definition) is 2. The molecule has 0 saturated carbocycles. The standard InChI is InChI=1S/C37H42N6O2/c1-24(2)43(25(3)4)33(44)21-26-11-17-30(18-12-26)39-34-35-38-19-20-42(35)23-32(41-34)28-9-8-10-31(22-28)40-36(45)27-13-15-29(16-14-27)37(5,6)7/h8-20,22-25H,21H2,1-7H3,(H,39,41)(H,40,45). The molecule has 2 aromatic heterocycles. The second-order valence-electron chi connectivity index (χ2n) is 13.0. The van der Waals surface area contributed by atoms with Crippen molar-refractivity contribution in [3.63, 3.8) is 0 Å². The van der Waals surface area contributed by atoms with Crippen LogP contribution in [0.2, 0.25) is 0 Å². The number of amides is 2. The summed E-state index contributed by atoms with van der Waals surface area (Å²) in [6.45, 7) is 14.6. The van der Waals surface area contributed by atoms with Crippen LogP contribution in [0.3, 0.4) is 0 Å². The van der Waals surface area contributed by atoms with Crippen molar-refractivity contribution in [2.24, 2.45) is 0 Å². The lowest BCUT2D eigenvalue weighted by atomic mass is 9.87. The first-order valence-corrected chi connectivity index (χ1v) is 15.4. The summed E-state index contributed by atoms with van der Waals surface area (Å²) in [4.78, 5) is 37.3. The van der Waals surface area contributed by atoms with E-state index in [1.54, 1.807) is 6.20 Å². The molecule has 8 nitrogen and oxygen atoms in total. The first-order chi connectivity index (χ1) is 21.4. The van der Waals surface area contributed by atoms with Crippen LogP contribution in [0.25, 0.3) is 16.9 Å². The normalized spacial score (nSPS) is 11.7. The Balaban J connectivity index is 1.34. The SMILES string of the molecule is CC(C)N(C(=O)Cc1ccc(Nc2nc(-c3cccc(NC(=O)c4ccc(C(C)(C)C)cc4)c3)cn3ccnc23)cc1)C(C)C. The van der Waals surface area contributed by atoms with Crippen molar-refractivity contribution in [3.8, 4) is 11.3 Å². The summed E-state index contributed by atoms with van der Waals surface area (Å²) >= 11 is 0. The molecule has 232 valence electrons. The molecular weight excluding hydrogens is 560 g/mol. The van der Waals surface area contributed by atoms with Gasteiger partial charge in [-0.15, -0.1) is 0 Å². The first-order valence-electron chi connectivity index (χ1n) is 15.4. The number of hydrogen-bond acceptors (Lipinski definition) is 5. The molecule has 0 aliphatic carbocycles. The van der Waals surface area contributed by atoms with Gasteiger partial charge in [0, 0.05) is 53.2 Å². The molecule has 0 fully saturated rings. The molecule has 0 aliphatic rings. The van der Waals surface area contributed by atoms with E-state index in [0.29, 0.717) is 29.1 Å². The fourth-order valence-electron chi connectivity index (χ4n) is 5.52. The zero-order chi connectivity index (χ0) is 32.3. The molecule has 0 saturated heterocycles. The maximum Gasteiger partial charge on any atom is 0.255 e. The van der Waals surface area contributed by atoms with Gasteiger partial charge in [0.2, 0.25) is 5.91 Å². The molecule has 5 aromatic rings. The van der Waals surface area contributed by atoms with Crippen LogP contribution in [0, 0.1) is 0 Å². The van der Waals surface area contributed by atoms with Crippen LogP contribution in [0.1, 0.15) is 70.0 Å². The van der Waals surface area contributed by atoms with Crippen LogP contribution in [-0.2, 0) is 16.6 Å². The topological polar surface area (TPSA) is 91.6 Å². The number of carbonyl (C=O) groups is 2. The lowest BCUT2D eigenvalue weighted by Crippen LogP contribution is -2.42. The van der Waals surface area contributed by atoms with Crippen molar-refractivity contribution in [3.05, 3.63) is 108 Å². The molecule has 2 N–H and O–H groups in total. The van der Waals surface area contributed by atoms with E-state index >= 15 is 0 Å². The molecule has 0 aliphatic heterocycles. The van der Waals surface area contributed by atoms with Gasteiger partial charge in [-0.2, -0.15) is 0 Å². The van der Waals surface area contributed by atoms with Crippen molar-refractivity contribution in [2.45, 2.75) is 72.4 Å². The largest absolute Gasteiger partial charge is 0.338 e. The van der Waals surface area contributed by atoms with E-state index in [9.17, 15) is 9.59 Å². The maximum absolute atomic E-state index is 13.0. The van der Waals surface area contributed by atoms with Gasteiger partial charge >= 0.3 is 0 Å². The molecule has 2 amide bonds. The lowest BCUT2D eigenvalue weighted by molar-refractivity contribution is -0.134. The highest BCUT2D eigenvalue weighted by Gasteiger charge is 2.20. The van der Waals surface area contributed by atoms with Gasteiger partial charge in [-0.05, 0) is 80.6 Å². The molecule has 0 radical (unpaired) electrons. The van der Waals surface area contributed by atoms with E-state index in [2.05, 4.69) is 36.4 Å². The highest BCUT2D eigenvalue weighted by atomic mass is 16.2. The summed E-state index contributed by atoms with van der Waals surface area (Å²) in [6, 6.07) is 23.5. The number of imidazole rings is 1. The lowest BCUT2D eigenvalue weighted by Gasteiger charge is -2.31. The number of aromatic nitrogens is 3. The van der Waals surface area contributed by atoms with Crippen LogP contribution in [0.5, 0.6) is 0 Å². The minimum Gasteiger partial charge on any atom is -0.338 e. The Labute approximate surface area is 265 Å². The third-order valence-corrected chi connectivity index (χ3v) is 7.78. The highest BCUT2D eigenvalue weighted by molar-refractivity contribution is 6.04. The van der Waals surface area contributed by atoms with Crippen molar-refractivity contribution in [1.29, 1.82) is 0 Å². The summed E-state index contributed by atoms with van der Waals surface area (Å²) in [5.41, 5.74) is 6.53. The van der Waals surface area contributed by atoms with Gasteiger partial charge < -0.3 is 19.9 Å². The molecule has 0 atom stereocenters. The highest BCUT2D eigenvalue weighted by Crippen LogP contribution is 2.27. The van der Waals surface area contributed by atoms with E-state index in [0.717, 1.165) is 22.5 Å². The second kappa shape index (κ2) is 12.9. The molecule has 2 heterocycles. The van der Waals surface area contributed by atoms with Gasteiger partial charge in [0.15, 0.2) is 11.5 Å². The number of carbonyl (C=O) groups excluding carboxylic acids is 2. The fraction of sp³-hybridized carbons (Fsp3) is 0.297. The third-order valence-electron chi connectivity index (χ3n) is 7.78. The van der Waals surface area contributed by atoms with E-state index in [-0.39, 0.29) is 29.3 Å². The van der Waals surface area contributed by atoms with Crippen LogP contribution in [0.15, 0.2) is 91.4 Å². The number of benzene rings is 3. The van der Waals surface area contributed by atoms with E-state index < -0.39 is 0 Å². The summed E-state index contributed by atoms with van der Waals surface area (Å²) in [6.07, 6.45) is 5.88. The summed E-state index contributed by atoms with van der Waals surface area (Å²) in [5.74, 6) is 0.547. The molecule has 8 heteroatoms. The summed E-state index contributed by atoms with van der Waals surface area (Å²) in [5, 5.41) is 6.43. The number of fused-ring (bicyclic) bond motifs is 1. The minimum absolute atomic E-state index is 0.0211. The summed E-state index contributed by atoms with van der Waals surface area (Å²) in [7, 11) is 0. The molecule has 3 aromatic carbocycles. The predicted octanol–water partition coefficient (Wildman–Crippen LogP) is 7.88. The Bertz CT molecular complexity index is 1790. The van der Waals surface area contributed by atoms with Crippen molar-refractivity contribution in [2.75, 3.05) is 10.6 Å². The first kappa shape index (κ1) is 31.4. The van der Waals surface area contributed by atoms with Gasteiger partial charge in [-0.3, -0.25) is 9.59 Å². The second-order valence-corrected chi connectivity index (χ2v) is 13.0. The molecule has 45 heavy (non-hydrogen) atoms. The smallest absolute Gasteiger partial charge is 0.255 e. The van der Waals surface area contributed by atoms with Crippen molar-refractivity contribution in [1.82, 2.24) is 19.3 Å². The van der Waals surface area contributed by atoms with Gasteiger partial charge in [-0.25, -0.2) is 9.97 Å². The molecule has 5 rings (SSSR count). The van der Waals surface area contributed by atoms with Crippen LogP contribution < -0.4 is 10.6 Å². The molecule has 0 spiro atoms. The van der Waals surface area contributed by atoms with Crippen molar-refractivity contribution >= 4 is 34.7 Å². The van der Waals surface area contributed by atoms with Crippen LogP contribution >= 0.6 is 0 Å². The number of anilines is 3. The predicted molar refractivity (Wildman–Crippen MR) is 182 cm³/mol. The van der Waals surface area contributed by atoms with Crippen LogP contribution in [0.4, 0.5) is 17.2 Å². The quantitative estimate of drug-likeness (QED) is 0.179. The van der Waals surface area contributed by atoms with E-state index in [1.807, 2.05) is 122 Å². The number of rotatable bonds is 9. The zero-order valence-corrected chi connectivity index (χ0v) is 27.1. The Morgan fingerprint density at radius 1 is 0.889 bits per heavy atom. The maximum atomic E-state index is 13.0. The van der Waals surface area contributed by atoms with Gasteiger partial charge in [-0.1, -0.05) is 57.2 Å². The molecule has 0 unspecified atom stereocenters. The molecular formula is C37H42N6O2. The zero-order valence-electron chi connectivity index (χ0n) is 27.1. The Morgan fingerprint density at radius 2 is 1.58 bits per heavy atom. The Kier molecular flexibility index (Phi) is 9.04. The summed E-state index contributed by atoms with van der Waals surface area (Å²) < 4.78 is 1.92. The molecule has 0 bridgehead atoms. The Hall–Kier alpha value is -4.98. The minimum atomic E-state index is -0.167. The van der Waals surface area contributed by atoms with Gasteiger partial charge in [0.05, 0.1) is 12.1 Å². The van der Waals surface area contributed by atoms with E-state index in [4.69, 9.17) is 4.98 Å². The Morgan fingerprint density at radius 3 is 2.22 bits per heavy atom. The number of nitrogens with zero attached hydrogens (tertiary/aromatic N) is 4. The monoisotopic (exact) mass is 602 g/mol. The number of nitrogens with one attached hydrogen (secondary N) is 2.